The van der Waals surface area contributed by atoms with Crippen molar-refractivity contribution in [2.24, 2.45) is 5.41 Å². The van der Waals surface area contributed by atoms with Crippen molar-refractivity contribution >= 4 is 23.5 Å². The SMILES string of the molecule is CC(C)(C)CC(=O)OCC(=O)NCC(=O)Nc1ccc(F)c(F)c1. The monoisotopic (exact) mass is 342 g/mol. The first-order valence-corrected chi connectivity index (χ1v) is 7.24. The first-order chi connectivity index (χ1) is 11.1. The van der Waals surface area contributed by atoms with Gasteiger partial charge in [0.15, 0.2) is 18.2 Å². The van der Waals surface area contributed by atoms with E-state index in [1.54, 1.807) is 0 Å². The van der Waals surface area contributed by atoms with Crippen LogP contribution in [-0.4, -0.2) is 30.9 Å². The summed E-state index contributed by atoms with van der Waals surface area (Å²) in [7, 11) is 0. The number of carbonyl (C=O) groups excluding carboxylic acids is 3. The Bertz CT molecular complexity index is 627. The Morgan fingerprint density at radius 3 is 2.33 bits per heavy atom. The minimum absolute atomic E-state index is 0.0600. The number of amides is 2. The standard InChI is InChI=1S/C16H20F2N2O4/c1-16(2,3)7-15(23)24-9-14(22)19-8-13(21)20-10-4-5-11(17)12(18)6-10/h4-6H,7-9H2,1-3H3,(H,19,22)(H,20,21). The van der Waals surface area contributed by atoms with Crippen molar-refractivity contribution in [1.82, 2.24) is 5.32 Å². The molecule has 6 nitrogen and oxygen atoms in total. The fourth-order valence-electron chi connectivity index (χ4n) is 1.64. The maximum absolute atomic E-state index is 13.0. The minimum atomic E-state index is -1.09. The average Bonchev–Trinajstić information content (AvgIpc) is 2.45. The van der Waals surface area contributed by atoms with Crippen molar-refractivity contribution in [1.29, 1.82) is 0 Å². The summed E-state index contributed by atoms with van der Waals surface area (Å²) in [6.07, 6.45) is 0.164. The van der Waals surface area contributed by atoms with Crippen molar-refractivity contribution in [3.05, 3.63) is 29.8 Å². The lowest BCUT2D eigenvalue weighted by molar-refractivity contribution is -0.150. The summed E-state index contributed by atoms with van der Waals surface area (Å²) in [5.41, 5.74) is -0.192. The number of halogens is 2. The first kappa shape index (κ1) is 19.5. The highest BCUT2D eigenvalue weighted by molar-refractivity contribution is 5.94. The summed E-state index contributed by atoms with van der Waals surface area (Å²) in [5, 5.41) is 4.54. The number of carbonyl (C=O) groups is 3. The molecule has 8 heteroatoms. The summed E-state index contributed by atoms with van der Waals surface area (Å²) in [6, 6.07) is 2.88. The van der Waals surface area contributed by atoms with Crippen molar-refractivity contribution < 1.29 is 27.9 Å². The molecule has 1 aromatic rings. The molecule has 0 radical (unpaired) electrons. The second kappa shape index (κ2) is 8.37. The van der Waals surface area contributed by atoms with Gasteiger partial charge in [0.05, 0.1) is 13.0 Å². The Kier molecular flexibility index (Phi) is 6.82. The zero-order valence-electron chi connectivity index (χ0n) is 13.7. The largest absolute Gasteiger partial charge is 0.456 e. The quantitative estimate of drug-likeness (QED) is 0.775. The fourth-order valence-corrected chi connectivity index (χ4v) is 1.64. The lowest BCUT2D eigenvalue weighted by atomic mass is 9.93. The third kappa shape index (κ3) is 7.66. The summed E-state index contributed by atoms with van der Waals surface area (Å²) >= 11 is 0. The fraction of sp³-hybridized carbons (Fsp3) is 0.438. The van der Waals surface area contributed by atoms with Crippen LogP contribution in [0.3, 0.4) is 0 Å². The third-order valence-electron chi connectivity index (χ3n) is 2.69. The Morgan fingerprint density at radius 2 is 1.75 bits per heavy atom. The molecular formula is C16H20F2N2O4. The highest BCUT2D eigenvalue weighted by atomic mass is 19.2. The summed E-state index contributed by atoms with van der Waals surface area (Å²) < 4.78 is 30.5. The highest BCUT2D eigenvalue weighted by Gasteiger charge is 2.18. The van der Waals surface area contributed by atoms with Crippen LogP contribution in [0, 0.1) is 17.0 Å². The van der Waals surface area contributed by atoms with Crippen molar-refractivity contribution in [2.75, 3.05) is 18.5 Å². The molecule has 132 valence electrons. The predicted octanol–water partition coefficient (Wildman–Crippen LogP) is 2.00. The second-order valence-electron chi connectivity index (χ2n) is 6.35. The van der Waals surface area contributed by atoms with Crippen LogP contribution in [0.5, 0.6) is 0 Å². The summed E-state index contributed by atoms with van der Waals surface area (Å²) in [6.45, 7) is 4.69. The van der Waals surface area contributed by atoms with Gasteiger partial charge in [-0.25, -0.2) is 8.78 Å². The normalized spacial score (nSPS) is 10.9. The van der Waals surface area contributed by atoms with Gasteiger partial charge < -0.3 is 15.4 Å². The number of hydrogen-bond donors (Lipinski definition) is 2. The zero-order valence-corrected chi connectivity index (χ0v) is 13.7. The van der Waals surface area contributed by atoms with E-state index in [0.29, 0.717) is 0 Å². The molecule has 0 saturated heterocycles. The first-order valence-electron chi connectivity index (χ1n) is 7.24. The molecular weight excluding hydrogens is 322 g/mol. The molecule has 0 aliphatic carbocycles. The molecule has 0 aromatic heterocycles. The molecule has 0 heterocycles. The van der Waals surface area contributed by atoms with E-state index in [1.165, 1.54) is 6.07 Å². The molecule has 1 rings (SSSR count). The van der Waals surface area contributed by atoms with E-state index >= 15 is 0 Å². The number of esters is 1. The van der Waals surface area contributed by atoms with Gasteiger partial charge in [0.1, 0.15) is 0 Å². The summed E-state index contributed by atoms with van der Waals surface area (Å²) in [4.78, 5) is 34.5. The van der Waals surface area contributed by atoms with Crippen LogP contribution in [0.2, 0.25) is 0 Å². The Labute approximate surface area is 138 Å². The molecule has 0 atom stereocenters. The maximum atomic E-state index is 13.0. The molecule has 0 fully saturated rings. The predicted molar refractivity (Wildman–Crippen MR) is 83.0 cm³/mol. The topological polar surface area (TPSA) is 84.5 Å². The van der Waals surface area contributed by atoms with E-state index in [2.05, 4.69) is 10.6 Å². The molecule has 0 unspecified atom stereocenters. The molecule has 0 saturated carbocycles. The van der Waals surface area contributed by atoms with Crippen LogP contribution in [0.4, 0.5) is 14.5 Å². The van der Waals surface area contributed by atoms with Crippen LogP contribution in [0.15, 0.2) is 18.2 Å². The number of hydrogen-bond acceptors (Lipinski definition) is 4. The van der Waals surface area contributed by atoms with Crippen LogP contribution in [0.1, 0.15) is 27.2 Å². The zero-order chi connectivity index (χ0) is 18.3. The molecule has 0 bridgehead atoms. The van der Waals surface area contributed by atoms with E-state index in [9.17, 15) is 23.2 Å². The van der Waals surface area contributed by atoms with Gasteiger partial charge in [-0.2, -0.15) is 0 Å². The van der Waals surface area contributed by atoms with Gasteiger partial charge >= 0.3 is 5.97 Å². The Morgan fingerprint density at radius 1 is 1.08 bits per heavy atom. The van der Waals surface area contributed by atoms with Gasteiger partial charge in [-0.1, -0.05) is 20.8 Å². The van der Waals surface area contributed by atoms with Crippen molar-refractivity contribution in [3.63, 3.8) is 0 Å². The van der Waals surface area contributed by atoms with Gasteiger partial charge in [0.2, 0.25) is 5.91 Å². The Hall–Kier alpha value is -2.51. The van der Waals surface area contributed by atoms with E-state index < -0.39 is 42.6 Å². The van der Waals surface area contributed by atoms with E-state index in [0.717, 1.165) is 12.1 Å². The third-order valence-corrected chi connectivity index (χ3v) is 2.69. The molecule has 2 N–H and O–H groups in total. The minimum Gasteiger partial charge on any atom is -0.456 e. The number of rotatable bonds is 6. The van der Waals surface area contributed by atoms with Crippen LogP contribution >= 0.6 is 0 Å². The van der Waals surface area contributed by atoms with Gasteiger partial charge in [-0.3, -0.25) is 14.4 Å². The highest BCUT2D eigenvalue weighted by Crippen LogP contribution is 2.18. The molecule has 1 aromatic carbocycles. The molecule has 0 aliphatic heterocycles. The van der Waals surface area contributed by atoms with Crippen LogP contribution in [-0.2, 0) is 19.1 Å². The lowest BCUT2D eigenvalue weighted by Gasteiger charge is -2.16. The van der Waals surface area contributed by atoms with Crippen molar-refractivity contribution in [2.45, 2.75) is 27.2 Å². The molecule has 0 spiro atoms. The van der Waals surface area contributed by atoms with Gasteiger partial charge in [0.25, 0.3) is 5.91 Å². The molecule has 2 amide bonds. The Balaban J connectivity index is 2.32. The van der Waals surface area contributed by atoms with E-state index in [-0.39, 0.29) is 17.5 Å². The summed E-state index contributed by atoms with van der Waals surface area (Å²) in [5.74, 6) is -3.90. The molecule has 24 heavy (non-hydrogen) atoms. The second-order valence-corrected chi connectivity index (χ2v) is 6.35. The van der Waals surface area contributed by atoms with Gasteiger partial charge in [-0.05, 0) is 17.5 Å². The van der Waals surface area contributed by atoms with Gasteiger partial charge in [-0.15, -0.1) is 0 Å². The average molecular weight is 342 g/mol. The number of nitrogens with one attached hydrogen (secondary N) is 2. The molecule has 0 aliphatic rings. The van der Waals surface area contributed by atoms with E-state index in [1.807, 2.05) is 20.8 Å². The van der Waals surface area contributed by atoms with Crippen LogP contribution in [0.25, 0.3) is 0 Å². The number of anilines is 1. The smallest absolute Gasteiger partial charge is 0.306 e. The van der Waals surface area contributed by atoms with Gasteiger partial charge in [0, 0.05) is 11.8 Å². The lowest BCUT2D eigenvalue weighted by Crippen LogP contribution is -2.35. The maximum Gasteiger partial charge on any atom is 0.306 e. The van der Waals surface area contributed by atoms with Crippen molar-refractivity contribution in [3.8, 4) is 0 Å². The van der Waals surface area contributed by atoms with E-state index in [4.69, 9.17) is 4.74 Å². The van der Waals surface area contributed by atoms with Crippen LogP contribution < -0.4 is 10.6 Å². The number of ether oxygens (including phenoxy) is 1. The number of benzene rings is 1.